The van der Waals surface area contributed by atoms with Gasteiger partial charge in [-0.2, -0.15) is 0 Å². The largest absolute Gasteiger partial charge is 0.456 e. The maximum atomic E-state index is 6.27. The number of hydrogen-bond donors (Lipinski definition) is 0. The van der Waals surface area contributed by atoms with E-state index >= 15 is 0 Å². The van der Waals surface area contributed by atoms with Crippen LogP contribution in [0.3, 0.4) is 0 Å². The molecule has 3 heterocycles. The highest BCUT2D eigenvalue weighted by molar-refractivity contribution is 7.21. The van der Waals surface area contributed by atoms with Crippen molar-refractivity contribution in [3.8, 4) is 11.1 Å². The Labute approximate surface area is 327 Å². The fraction of sp³-hybridized carbons (Fsp3) is 0.0385. The summed E-state index contributed by atoms with van der Waals surface area (Å²) >= 11 is 1.93. The summed E-state index contributed by atoms with van der Waals surface area (Å²) in [6.45, 7) is 0. The van der Waals surface area contributed by atoms with E-state index in [0.717, 1.165) is 61.5 Å². The minimum Gasteiger partial charge on any atom is -0.456 e. The van der Waals surface area contributed by atoms with Crippen LogP contribution in [0.25, 0.3) is 81.4 Å². The van der Waals surface area contributed by atoms with Gasteiger partial charge in [-0.05, 0) is 93.9 Å². The van der Waals surface area contributed by atoms with Crippen molar-refractivity contribution in [3.05, 3.63) is 198 Å². The third kappa shape index (κ3) is 4.76. The second kappa shape index (κ2) is 12.3. The lowest BCUT2D eigenvalue weighted by Gasteiger charge is -2.37. The van der Waals surface area contributed by atoms with Gasteiger partial charge in [-0.15, -0.1) is 11.3 Å². The Morgan fingerprint density at radius 1 is 0.482 bits per heavy atom. The van der Waals surface area contributed by atoms with Crippen LogP contribution < -0.4 is 4.90 Å². The molecule has 56 heavy (non-hydrogen) atoms. The van der Waals surface area contributed by atoms with E-state index in [1.54, 1.807) is 0 Å². The molecule has 0 bridgehead atoms. The molecule has 1 aliphatic rings. The molecule has 0 fully saturated rings. The lowest BCUT2D eigenvalue weighted by atomic mass is 9.86. The zero-order valence-electron chi connectivity index (χ0n) is 30.3. The zero-order chi connectivity index (χ0) is 36.7. The fourth-order valence-corrected chi connectivity index (χ4v) is 10.5. The number of benzene rings is 8. The summed E-state index contributed by atoms with van der Waals surface area (Å²) in [5.74, 6) is 0. The topological polar surface area (TPSA) is 29.5 Å². The maximum Gasteiger partial charge on any atom is 0.135 e. The highest BCUT2D eigenvalue weighted by atomic mass is 32.1. The van der Waals surface area contributed by atoms with Gasteiger partial charge in [0.25, 0.3) is 0 Å². The van der Waals surface area contributed by atoms with Crippen molar-refractivity contribution in [1.82, 2.24) is 0 Å². The number of thiophene rings is 1. The molecule has 264 valence electrons. The molecule has 0 radical (unpaired) electrons. The minimum absolute atomic E-state index is 0.0317. The SMILES string of the molecule is C1=C(c2ccc3oc4ccccc4c3c2)c2sc3c(ccc4ccccc43)c2C(N(c2ccccc2)c2ccccc2-c2ccc3oc4ccccc4c3c2)C1. The molecule has 0 saturated carbocycles. The standard InChI is InChI=1S/C52H33NO2S/c1-2-13-35(14-3-1)53(44-19-9-6-15-36(44)33-23-28-48-42(30-33)39-17-7-10-20-46(39)54-48)45-27-26-38(34-24-29-49-43(31-34)40-18-8-11-21-47(40)55-49)52-50(45)41-25-22-32-12-4-5-16-37(32)51(41)56-52/h1-26,28-31,45H,27H2. The summed E-state index contributed by atoms with van der Waals surface area (Å²) in [6, 6.07) is 63.3. The van der Waals surface area contributed by atoms with E-state index in [0.29, 0.717) is 0 Å². The summed E-state index contributed by atoms with van der Waals surface area (Å²) < 4.78 is 13.9. The summed E-state index contributed by atoms with van der Waals surface area (Å²) in [6.07, 6.45) is 3.32. The van der Waals surface area contributed by atoms with Gasteiger partial charge in [0.1, 0.15) is 22.3 Å². The van der Waals surface area contributed by atoms with Gasteiger partial charge in [0.2, 0.25) is 0 Å². The lowest BCUT2D eigenvalue weighted by molar-refractivity contribution is 0.668. The van der Waals surface area contributed by atoms with Crippen molar-refractivity contribution >= 4 is 93.0 Å². The van der Waals surface area contributed by atoms with Gasteiger partial charge in [0.05, 0.1) is 6.04 Å². The Morgan fingerprint density at radius 3 is 1.86 bits per heavy atom. The van der Waals surface area contributed by atoms with Crippen molar-refractivity contribution in [2.24, 2.45) is 0 Å². The predicted molar refractivity (Wildman–Crippen MR) is 235 cm³/mol. The molecular weight excluding hydrogens is 703 g/mol. The van der Waals surface area contributed by atoms with Crippen molar-refractivity contribution in [2.45, 2.75) is 12.5 Å². The highest BCUT2D eigenvalue weighted by Gasteiger charge is 2.34. The molecule has 3 nitrogen and oxygen atoms in total. The first-order valence-corrected chi connectivity index (χ1v) is 20.0. The Balaban J connectivity index is 1.09. The van der Waals surface area contributed by atoms with E-state index in [2.05, 4.69) is 169 Å². The number of para-hydroxylation sites is 4. The lowest BCUT2D eigenvalue weighted by Crippen LogP contribution is -2.26. The van der Waals surface area contributed by atoms with E-state index in [-0.39, 0.29) is 6.04 Å². The average Bonchev–Trinajstić information content (AvgIpc) is 3.96. The van der Waals surface area contributed by atoms with Gasteiger partial charge in [-0.3, -0.25) is 0 Å². The van der Waals surface area contributed by atoms with E-state index in [9.17, 15) is 0 Å². The number of nitrogens with zero attached hydrogens (tertiary/aromatic N) is 1. The first kappa shape index (κ1) is 31.5. The van der Waals surface area contributed by atoms with Crippen molar-refractivity contribution in [3.63, 3.8) is 0 Å². The quantitative estimate of drug-likeness (QED) is 0.176. The number of fused-ring (bicyclic) bond motifs is 11. The summed E-state index contributed by atoms with van der Waals surface area (Å²) in [5.41, 5.74) is 12.2. The normalized spacial score (nSPS) is 14.3. The first-order valence-electron chi connectivity index (χ1n) is 19.2. The van der Waals surface area contributed by atoms with Crippen molar-refractivity contribution in [2.75, 3.05) is 4.90 Å². The molecule has 0 spiro atoms. The van der Waals surface area contributed by atoms with Gasteiger partial charge < -0.3 is 13.7 Å². The van der Waals surface area contributed by atoms with Crippen molar-refractivity contribution in [1.29, 1.82) is 0 Å². The van der Waals surface area contributed by atoms with Gasteiger partial charge in [0, 0.05) is 53.6 Å². The third-order valence-corrected chi connectivity index (χ3v) is 12.9. The number of rotatable bonds is 5. The van der Waals surface area contributed by atoms with Crippen LogP contribution in [0.4, 0.5) is 11.4 Å². The first-order chi connectivity index (χ1) is 27.8. The van der Waals surface area contributed by atoms with Crippen LogP contribution in [-0.4, -0.2) is 0 Å². The second-order valence-electron chi connectivity index (χ2n) is 14.7. The molecule has 0 amide bonds. The second-order valence-corrected chi connectivity index (χ2v) is 15.7. The van der Waals surface area contributed by atoms with Crippen LogP contribution in [0.5, 0.6) is 0 Å². The number of anilines is 2. The van der Waals surface area contributed by atoms with Gasteiger partial charge in [0.15, 0.2) is 0 Å². The molecule has 4 heteroatoms. The molecule has 8 aromatic carbocycles. The summed E-state index contributed by atoms with van der Waals surface area (Å²) in [5, 5.41) is 8.44. The summed E-state index contributed by atoms with van der Waals surface area (Å²) in [7, 11) is 0. The average molecular weight is 736 g/mol. The van der Waals surface area contributed by atoms with Gasteiger partial charge >= 0.3 is 0 Å². The molecule has 3 aromatic heterocycles. The van der Waals surface area contributed by atoms with Crippen LogP contribution in [0.15, 0.2) is 191 Å². The van der Waals surface area contributed by atoms with Crippen LogP contribution in [-0.2, 0) is 0 Å². The molecule has 11 aromatic rings. The van der Waals surface area contributed by atoms with Crippen molar-refractivity contribution < 1.29 is 8.83 Å². The van der Waals surface area contributed by atoms with Crippen LogP contribution in [0, 0.1) is 0 Å². The van der Waals surface area contributed by atoms with Gasteiger partial charge in [-0.25, -0.2) is 0 Å². The Hall–Kier alpha value is -6.88. The van der Waals surface area contributed by atoms with E-state index in [1.807, 2.05) is 29.5 Å². The Morgan fingerprint density at radius 2 is 1.09 bits per heavy atom. The van der Waals surface area contributed by atoms with E-state index in [1.165, 1.54) is 53.7 Å². The molecule has 0 N–H and O–H groups in total. The zero-order valence-corrected chi connectivity index (χ0v) is 31.1. The van der Waals surface area contributed by atoms with Crippen LogP contribution >= 0.6 is 11.3 Å². The molecule has 1 unspecified atom stereocenters. The predicted octanol–water partition coefficient (Wildman–Crippen LogP) is 15.2. The maximum absolute atomic E-state index is 6.27. The molecule has 1 atom stereocenters. The molecule has 0 aliphatic heterocycles. The van der Waals surface area contributed by atoms with Crippen LogP contribution in [0.1, 0.15) is 28.5 Å². The smallest absolute Gasteiger partial charge is 0.135 e. The van der Waals surface area contributed by atoms with Gasteiger partial charge in [-0.1, -0.05) is 127 Å². The molecular formula is C52H33NO2S. The monoisotopic (exact) mass is 735 g/mol. The molecule has 1 aliphatic carbocycles. The van der Waals surface area contributed by atoms with E-state index < -0.39 is 0 Å². The highest BCUT2D eigenvalue weighted by Crippen LogP contribution is 2.53. The molecule has 0 saturated heterocycles. The number of furan rings is 2. The Kier molecular flexibility index (Phi) is 6.92. The number of hydrogen-bond acceptors (Lipinski definition) is 4. The van der Waals surface area contributed by atoms with E-state index in [4.69, 9.17) is 8.83 Å². The summed E-state index contributed by atoms with van der Waals surface area (Å²) in [4.78, 5) is 3.91. The fourth-order valence-electron chi connectivity index (χ4n) is 9.09. The minimum atomic E-state index is 0.0317. The third-order valence-electron chi connectivity index (χ3n) is 11.6. The van der Waals surface area contributed by atoms with Crippen LogP contribution in [0.2, 0.25) is 0 Å². The Bertz CT molecular complexity index is 3360. The molecule has 12 rings (SSSR count).